The van der Waals surface area contributed by atoms with Crippen molar-refractivity contribution in [3.63, 3.8) is 0 Å². The van der Waals surface area contributed by atoms with Gasteiger partial charge in [-0.05, 0) is 12.3 Å². The smallest absolute Gasteiger partial charge is 0.175 e. The summed E-state index contributed by atoms with van der Waals surface area (Å²) >= 11 is 4.79. The van der Waals surface area contributed by atoms with Crippen LogP contribution < -0.4 is 15.2 Å². The Bertz CT molecular complexity index is 592. The van der Waals surface area contributed by atoms with Gasteiger partial charge < -0.3 is 15.2 Å². The number of methoxy groups -OCH3 is 2. The van der Waals surface area contributed by atoms with E-state index in [9.17, 15) is 0 Å². The molecule has 5 nitrogen and oxygen atoms in total. The van der Waals surface area contributed by atoms with Crippen molar-refractivity contribution >= 4 is 34.9 Å². The van der Waals surface area contributed by atoms with E-state index in [4.69, 9.17) is 15.2 Å². The average Bonchev–Trinajstić information content (AvgIpc) is 3.00. The normalized spacial score (nSPS) is 12.2. The van der Waals surface area contributed by atoms with Gasteiger partial charge in [-0.25, -0.2) is 0 Å². The molecule has 0 fully saturated rings. The minimum atomic E-state index is -0.141. The van der Waals surface area contributed by atoms with Crippen LogP contribution in [0, 0.1) is 0 Å². The second-order valence-electron chi connectivity index (χ2n) is 4.06. The minimum Gasteiger partial charge on any atom is -0.497 e. The summed E-state index contributed by atoms with van der Waals surface area (Å²) in [5.41, 5.74) is 7.22. The van der Waals surface area contributed by atoms with Gasteiger partial charge in [-0.3, -0.25) is 0 Å². The van der Waals surface area contributed by atoms with Gasteiger partial charge in [-0.2, -0.15) is 0 Å². The maximum absolute atomic E-state index is 6.26. The van der Waals surface area contributed by atoms with Crippen molar-refractivity contribution in [1.29, 1.82) is 0 Å². The molecule has 2 N–H and O–H groups in total. The van der Waals surface area contributed by atoms with Crippen molar-refractivity contribution in [2.24, 2.45) is 5.73 Å². The van der Waals surface area contributed by atoms with Crippen LogP contribution in [0.5, 0.6) is 11.5 Å². The minimum absolute atomic E-state index is 0.141. The molecule has 0 saturated heterocycles. The number of nitrogens with two attached hydrogens (primary N) is 1. The molecule has 0 aliphatic heterocycles. The lowest BCUT2D eigenvalue weighted by Gasteiger charge is -2.15. The summed E-state index contributed by atoms with van der Waals surface area (Å²) in [4.78, 5) is 0. The van der Waals surface area contributed by atoms with Crippen molar-refractivity contribution in [1.82, 2.24) is 10.2 Å². The molecule has 2 aromatic rings. The number of ether oxygens (including phenoxy) is 2. The molecule has 114 valence electrons. The standard InChI is InChI=1S/C13H17N3O2S3/c1-17-8-4-5-9(11(6-8)18-2)10(14)7-20-13-16-15-12(19-3)21-13/h4-6,10H,7,14H2,1-3H3. The number of rotatable bonds is 7. The first-order valence-electron chi connectivity index (χ1n) is 6.15. The molecular formula is C13H17N3O2S3. The number of hydrogen-bond donors (Lipinski definition) is 1. The zero-order valence-electron chi connectivity index (χ0n) is 12.0. The van der Waals surface area contributed by atoms with E-state index in [2.05, 4.69) is 10.2 Å². The van der Waals surface area contributed by atoms with Crippen LogP contribution in [-0.2, 0) is 0 Å². The lowest BCUT2D eigenvalue weighted by atomic mass is 10.1. The van der Waals surface area contributed by atoms with Crippen LogP contribution in [0.2, 0.25) is 0 Å². The topological polar surface area (TPSA) is 70.3 Å². The summed E-state index contributed by atoms with van der Waals surface area (Å²) in [6.07, 6.45) is 1.99. The Kier molecular flexibility index (Phi) is 6.16. The third-order valence-electron chi connectivity index (χ3n) is 2.79. The highest BCUT2D eigenvalue weighted by molar-refractivity contribution is 8.02. The molecule has 0 bridgehead atoms. The van der Waals surface area contributed by atoms with Gasteiger partial charge >= 0.3 is 0 Å². The fourth-order valence-corrected chi connectivity index (χ4v) is 4.15. The van der Waals surface area contributed by atoms with Crippen molar-refractivity contribution in [3.05, 3.63) is 23.8 Å². The number of thioether (sulfide) groups is 2. The molecule has 21 heavy (non-hydrogen) atoms. The molecule has 0 spiro atoms. The van der Waals surface area contributed by atoms with Gasteiger partial charge in [0.25, 0.3) is 0 Å². The summed E-state index contributed by atoms with van der Waals surface area (Å²) in [5, 5.41) is 8.20. The first-order chi connectivity index (χ1) is 10.2. The second kappa shape index (κ2) is 7.88. The van der Waals surface area contributed by atoms with Crippen LogP contribution in [0.3, 0.4) is 0 Å². The number of aromatic nitrogens is 2. The first kappa shape index (κ1) is 16.4. The van der Waals surface area contributed by atoms with Crippen LogP contribution in [0.1, 0.15) is 11.6 Å². The molecule has 2 rings (SSSR count). The summed E-state index contributed by atoms with van der Waals surface area (Å²) in [7, 11) is 3.26. The predicted octanol–water partition coefficient (Wildman–Crippen LogP) is 3.07. The van der Waals surface area contributed by atoms with Gasteiger partial charge in [0.15, 0.2) is 8.68 Å². The molecule has 8 heteroatoms. The van der Waals surface area contributed by atoms with Crippen molar-refractivity contribution < 1.29 is 9.47 Å². The second-order valence-corrected chi connectivity index (χ2v) is 7.36. The molecule has 0 aliphatic carbocycles. The molecule has 1 heterocycles. The van der Waals surface area contributed by atoms with Gasteiger partial charge in [-0.1, -0.05) is 40.9 Å². The third-order valence-corrected chi connectivity index (χ3v) is 5.94. The van der Waals surface area contributed by atoms with Crippen molar-refractivity contribution in [3.8, 4) is 11.5 Å². The van der Waals surface area contributed by atoms with Crippen LogP contribution >= 0.6 is 34.9 Å². The quantitative estimate of drug-likeness (QED) is 0.775. The number of nitrogens with zero attached hydrogens (tertiary/aromatic N) is 2. The van der Waals surface area contributed by atoms with Crippen molar-refractivity contribution in [2.75, 3.05) is 26.2 Å². The Hall–Kier alpha value is -0.960. The molecule has 0 saturated carbocycles. The largest absolute Gasteiger partial charge is 0.497 e. The fourth-order valence-electron chi connectivity index (χ4n) is 1.71. The Morgan fingerprint density at radius 1 is 1.24 bits per heavy atom. The third kappa shape index (κ3) is 4.26. The van der Waals surface area contributed by atoms with E-state index in [1.165, 1.54) is 0 Å². The molecule has 1 unspecified atom stereocenters. The zero-order chi connectivity index (χ0) is 15.2. The van der Waals surface area contributed by atoms with Gasteiger partial charge in [0.2, 0.25) is 0 Å². The maximum Gasteiger partial charge on any atom is 0.175 e. The molecule has 0 aliphatic rings. The van der Waals surface area contributed by atoms with E-state index in [0.717, 1.165) is 25.7 Å². The summed E-state index contributed by atoms with van der Waals surface area (Å²) in [5.74, 6) is 2.21. The molecule has 1 aromatic heterocycles. The predicted molar refractivity (Wildman–Crippen MR) is 88.9 cm³/mol. The summed E-state index contributed by atoms with van der Waals surface area (Å²) in [6, 6.07) is 5.53. The van der Waals surface area contributed by atoms with Crippen LogP contribution in [0.25, 0.3) is 0 Å². The van der Waals surface area contributed by atoms with Gasteiger partial charge in [0, 0.05) is 23.4 Å². The Balaban J connectivity index is 2.04. The monoisotopic (exact) mass is 343 g/mol. The van der Waals surface area contributed by atoms with E-state index in [1.807, 2.05) is 24.5 Å². The molecule has 1 atom stereocenters. The highest BCUT2D eigenvalue weighted by Gasteiger charge is 2.14. The average molecular weight is 343 g/mol. The zero-order valence-corrected chi connectivity index (χ0v) is 14.5. The lowest BCUT2D eigenvalue weighted by Crippen LogP contribution is -2.14. The Labute approximate surface area is 136 Å². The van der Waals surface area contributed by atoms with Gasteiger partial charge in [0.05, 0.1) is 14.2 Å². The fraction of sp³-hybridized carbons (Fsp3) is 0.385. The molecular weight excluding hydrogens is 326 g/mol. The Morgan fingerprint density at radius 2 is 2.00 bits per heavy atom. The molecule has 0 radical (unpaired) electrons. The Morgan fingerprint density at radius 3 is 2.62 bits per heavy atom. The van der Waals surface area contributed by atoms with E-state index in [0.29, 0.717) is 5.75 Å². The molecule has 1 aromatic carbocycles. The highest BCUT2D eigenvalue weighted by Crippen LogP contribution is 2.33. The first-order valence-corrected chi connectivity index (χ1v) is 9.18. The SMILES string of the molecule is COc1ccc(C(N)CSc2nnc(SC)s2)c(OC)c1. The number of hydrogen-bond acceptors (Lipinski definition) is 8. The van der Waals surface area contributed by atoms with E-state index >= 15 is 0 Å². The summed E-state index contributed by atoms with van der Waals surface area (Å²) in [6.45, 7) is 0. The van der Waals surface area contributed by atoms with Crippen LogP contribution in [0.15, 0.2) is 26.9 Å². The van der Waals surface area contributed by atoms with Gasteiger partial charge in [-0.15, -0.1) is 10.2 Å². The maximum atomic E-state index is 6.26. The number of benzene rings is 1. The van der Waals surface area contributed by atoms with E-state index in [-0.39, 0.29) is 6.04 Å². The van der Waals surface area contributed by atoms with Crippen LogP contribution in [-0.4, -0.2) is 36.4 Å². The highest BCUT2D eigenvalue weighted by atomic mass is 32.2. The van der Waals surface area contributed by atoms with Crippen molar-refractivity contribution in [2.45, 2.75) is 14.7 Å². The lowest BCUT2D eigenvalue weighted by molar-refractivity contribution is 0.389. The van der Waals surface area contributed by atoms with Gasteiger partial charge in [0.1, 0.15) is 11.5 Å². The van der Waals surface area contributed by atoms with E-state index in [1.54, 1.807) is 49.1 Å². The van der Waals surface area contributed by atoms with E-state index < -0.39 is 0 Å². The van der Waals surface area contributed by atoms with Crippen LogP contribution in [0.4, 0.5) is 0 Å². The summed E-state index contributed by atoms with van der Waals surface area (Å²) < 4.78 is 12.5. The molecule has 0 amide bonds.